The van der Waals surface area contributed by atoms with Gasteiger partial charge >= 0.3 is 0 Å². The van der Waals surface area contributed by atoms with E-state index in [4.69, 9.17) is 4.42 Å². The van der Waals surface area contributed by atoms with Crippen LogP contribution in [0.1, 0.15) is 11.3 Å². The van der Waals surface area contributed by atoms with E-state index in [9.17, 15) is 4.39 Å². The predicted octanol–water partition coefficient (Wildman–Crippen LogP) is 4.49. The van der Waals surface area contributed by atoms with Gasteiger partial charge in [-0.25, -0.2) is 4.39 Å². The number of para-hydroxylation sites is 1. The van der Waals surface area contributed by atoms with Gasteiger partial charge in [-0.1, -0.05) is 6.07 Å². The molecule has 0 aliphatic carbocycles. The summed E-state index contributed by atoms with van der Waals surface area (Å²) in [5.74, 6) is 1.24. The third kappa shape index (κ3) is 2.85. The summed E-state index contributed by atoms with van der Waals surface area (Å²) in [4.78, 5) is 0. The molecule has 0 aliphatic rings. The van der Waals surface area contributed by atoms with Crippen LogP contribution < -0.4 is 5.32 Å². The molecule has 0 amide bonds. The van der Waals surface area contributed by atoms with Gasteiger partial charge in [-0.05, 0) is 47.1 Å². The largest absolute Gasteiger partial charge is 0.460 e. The van der Waals surface area contributed by atoms with E-state index in [1.54, 1.807) is 18.3 Å². The highest BCUT2D eigenvalue weighted by Crippen LogP contribution is 2.28. The van der Waals surface area contributed by atoms with Crippen molar-refractivity contribution in [2.45, 2.75) is 13.5 Å². The molecule has 21 heavy (non-hydrogen) atoms. The minimum absolute atomic E-state index is 0.303. The fourth-order valence-electron chi connectivity index (χ4n) is 2.08. The maximum absolute atomic E-state index is 13.8. The molecule has 0 spiro atoms. The Morgan fingerprint density at radius 3 is 2.90 bits per heavy atom. The van der Waals surface area contributed by atoms with Gasteiger partial charge in [0.2, 0.25) is 0 Å². The molecule has 6 heteroatoms. The lowest BCUT2D eigenvalue weighted by molar-refractivity contribution is 0.545. The normalized spacial score (nSPS) is 10.8. The van der Waals surface area contributed by atoms with Crippen molar-refractivity contribution in [1.29, 1.82) is 0 Å². The summed E-state index contributed by atoms with van der Waals surface area (Å²) in [6.07, 6.45) is 1.70. The van der Waals surface area contributed by atoms with Gasteiger partial charge in [0.15, 0.2) is 5.76 Å². The zero-order valence-corrected chi connectivity index (χ0v) is 12.9. The summed E-state index contributed by atoms with van der Waals surface area (Å²) in [7, 11) is 0. The first kappa shape index (κ1) is 13.9. The van der Waals surface area contributed by atoms with Crippen LogP contribution in [0.5, 0.6) is 0 Å². The van der Waals surface area contributed by atoms with Gasteiger partial charge in [-0.2, -0.15) is 5.10 Å². The third-order valence-corrected chi connectivity index (χ3v) is 3.78. The van der Waals surface area contributed by atoms with Crippen LogP contribution in [0.4, 0.5) is 10.1 Å². The Balaban J connectivity index is 1.82. The second-order valence-corrected chi connectivity index (χ2v) is 5.49. The molecular weight excluding hydrogens is 337 g/mol. The molecule has 108 valence electrons. The average Bonchev–Trinajstić information content (AvgIpc) is 3.06. The lowest BCUT2D eigenvalue weighted by Crippen LogP contribution is -2.02. The Hall–Kier alpha value is -2.08. The van der Waals surface area contributed by atoms with Crippen molar-refractivity contribution in [1.82, 2.24) is 10.2 Å². The fraction of sp³-hybridized carbons (Fsp3) is 0.133. The minimum Gasteiger partial charge on any atom is -0.460 e. The summed E-state index contributed by atoms with van der Waals surface area (Å²) in [6.45, 7) is 2.32. The molecule has 4 nitrogen and oxygen atoms in total. The monoisotopic (exact) mass is 349 g/mol. The van der Waals surface area contributed by atoms with E-state index in [1.165, 1.54) is 6.07 Å². The molecule has 3 rings (SSSR count). The van der Waals surface area contributed by atoms with Crippen LogP contribution in [0.25, 0.3) is 11.5 Å². The van der Waals surface area contributed by atoms with Gasteiger partial charge in [0.25, 0.3) is 0 Å². The van der Waals surface area contributed by atoms with Crippen molar-refractivity contribution in [3.8, 4) is 11.5 Å². The van der Waals surface area contributed by atoms with Gasteiger partial charge in [0.05, 0.1) is 11.9 Å². The lowest BCUT2D eigenvalue weighted by atomic mass is 10.2. The molecule has 0 atom stereocenters. The van der Waals surface area contributed by atoms with Crippen LogP contribution in [0, 0.1) is 12.7 Å². The summed E-state index contributed by atoms with van der Waals surface area (Å²) < 4.78 is 20.0. The number of furan rings is 1. The number of hydrogen-bond donors (Lipinski definition) is 2. The van der Waals surface area contributed by atoms with Crippen LogP contribution >= 0.6 is 15.9 Å². The van der Waals surface area contributed by atoms with Crippen molar-refractivity contribution < 1.29 is 8.81 Å². The number of hydrogen-bond acceptors (Lipinski definition) is 3. The van der Waals surface area contributed by atoms with Crippen molar-refractivity contribution in [2.75, 3.05) is 5.32 Å². The number of H-pyrrole nitrogens is 1. The standard InChI is InChI=1S/C15H13BrFN3O/c1-9-5-6-13(21-9)14-10(8-19-20-14)7-18-15-11(16)3-2-4-12(15)17/h2-6,8,18H,7H2,1H3,(H,19,20). The summed E-state index contributed by atoms with van der Waals surface area (Å²) >= 11 is 3.33. The molecule has 0 fully saturated rings. The number of halogens is 2. The van der Waals surface area contributed by atoms with Crippen LogP contribution in [0.2, 0.25) is 0 Å². The molecule has 0 saturated heterocycles. The zero-order chi connectivity index (χ0) is 14.8. The van der Waals surface area contributed by atoms with Crippen LogP contribution in [-0.4, -0.2) is 10.2 Å². The minimum atomic E-state index is -0.303. The molecule has 0 unspecified atom stereocenters. The molecule has 0 bridgehead atoms. The molecule has 0 aliphatic heterocycles. The van der Waals surface area contributed by atoms with Crippen LogP contribution in [-0.2, 0) is 6.54 Å². The maximum Gasteiger partial charge on any atom is 0.152 e. The molecular formula is C15H13BrFN3O. The quantitative estimate of drug-likeness (QED) is 0.729. The van der Waals surface area contributed by atoms with Gasteiger partial charge in [-0.3, -0.25) is 5.10 Å². The third-order valence-electron chi connectivity index (χ3n) is 3.12. The zero-order valence-electron chi connectivity index (χ0n) is 11.3. The van der Waals surface area contributed by atoms with E-state index in [1.807, 2.05) is 19.1 Å². The highest BCUT2D eigenvalue weighted by molar-refractivity contribution is 9.10. The Labute approximate surface area is 129 Å². The summed E-state index contributed by atoms with van der Waals surface area (Å²) in [5.41, 5.74) is 2.13. The second-order valence-electron chi connectivity index (χ2n) is 4.63. The SMILES string of the molecule is Cc1ccc(-c2[nH]ncc2CNc2c(F)cccc2Br)o1. The smallest absolute Gasteiger partial charge is 0.152 e. The number of anilines is 1. The van der Waals surface area contributed by atoms with E-state index in [2.05, 4.69) is 31.4 Å². The van der Waals surface area contributed by atoms with Gasteiger partial charge < -0.3 is 9.73 Å². The van der Waals surface area contributed by atoms with Gasteiger partial charge in [0, 0.05) is 16.6 Å². The Kier molecular flexibility index (Phi) is 3.79. The first-order valence-electron chi connectivity index (χ1n) is 6.42. The van der Waals surface area contributed by atoms with E-state index in [0.717, 1.165) is 22.8 Å². The number of aromatic amines is 1. The number of aryl methyl sites for hydroxylation is 1. The molecule has 1 aromatic carbocycles. The molecule has 3 aromatic rings. The predicted molar refractivity (Wildman–Crippen MR) is 82.5 cm³/mol. The highest BCUT2D eigenvalue weighted by Gasteiger charge is 2.12. The second kappa shape index (κ2) is 5.73. The lowest BCUT2D eigenvalue weighted by Gasteiger charge is -2.09. The van der Waals surface area contributed by atoms with E-state index in [0.29, 0.717) is 16.7 Å². The number of aromatic nitrogens is 2. The van der Waals surface area contributed by atoms with Crippen molar-refractivity contribution in [2.24, 2.45) is 0 Å². The first-order valence-corrected chi connectivity index (χ1v) is 7.21. The fourth-order valence-corrected chi connectivity index (χ4v) is 2.56. The van der Waals surface area contributed by atoms with Crippen molar-refractivity contribution >= 4 is 21.6 Å². The Morgan fingerprint density at radius 2 is 2.19 bits per heavy atom. The van der Waals surface area contributed by atoms with Crippen LogP contribution in [0.15, 0.2) is 45.4 Å². The Bertz CT molecular complexity index is 746. The van der Waals surface area contributed by atoms with Crippen molar-refractivity contribution in [3.63, 3.8) is 0 Å². The topological polar surface area (TPSA) is 53.9 Å². The number of rotatable bonds is 4. The molecule has 2 N–H and O–H groups in total. The van der Waals surface area contributed by atoms with Gasteiger partial charge in [-0.15, -0.1) is 0 Å². The van der Waals surface area contributed by atoms with E-state index in [-0.39, 0.29) is 5.82 Å². The number of nitrogens with one attached hydrogen (secondary N) is 2. The summed E-state index contributed by atoms with van der Waals surface area (Å²) in [5, 5.41) is 10.0. The molecule has 0 saturated carbocycles. The van der Waals surface area contributed by atoms with Crippen LogP contribution in [0.3, 0.4) is 0 Å². The van der Waals surface area contributed by atoms with E-state index < -0.39 is 0 Å². The number of benzene rings is 1. The first-order chi connectivity index (χ1) is 10.1. The Morgan fingerprint density at radius 1 is 1.33 bits per heavy atom. The highest BCUT2D eigenvalue weighted by atomic mass is 79.9. The summed E-state index contributed by atoms with van der Waals surface area (Å²) in [6, 6.07) is 8.63. The van der Waals surface area contributed by atoms with E-state index >= 15 is 0 Å². The maximum atomic E-state index is 13.8. The molecule has 2 aromatic heterocycles. The molecule has 2 heterocycles. The van der Waals surface area contributed by atoms with Gasteiger partial charge in [0.1, 0.15) is 17.3 Å². The van der Waals surface area contributed by atoms with Crippen molar-refractivity contribution in [3.05, 3.63) is 58.1 Å². The molecule has 0 radical (unpaired) electrons. The number of nitrogens with zero attached hydrogens (tertiary/aromatic N) is 1. The average molecular weight is 350 g/mol.